The van der Waals surface area contributed by atoms with Gasteiger partial charge in [0.1, 0.15) is 24.0 Å². The molecule has 0 fully saturated rings. The van der Waals surface area contributed by atoms with Gasteiger partial charge in [-0.3, -0.25) is 15.0 Å². The summed E-state index contributed by atoms with van der Waals surface area (Å²) in [6.45, 7) is 4.94. The number of rotatable bonds is 15. The fraction of sp³-hybridized carbons (Fsp3) is 0.448. The zero-order valence-electron chi connectivity index (χ0n) is 23.0. The number of fused-ring (bicyclic) bond motifs is 1. The van der Waals surface area contributed by atoms with Gasteiger partial charge in [-0.25, -0.2) is 9.37 Å². The van der Waals surface area contributed by atoms with E-state index < -0.39 is 6.04 Å². The SMILES string of the molecule is CC(=O)[C@H](CCN(CCCCc1ccc2c(n1)NCCC2)CCOc1ccc(F)cc1)Nc1c(N)[nH]cc[n+]1=O. The largest absolute Gasteiger partial charge is 0.492 e. The number of nitrogens with one attached hydrogen (secondary N) is 3. The Labute approximate surface area is 233 Å². The molecule has 0 spiro atoms. The molecule has 10 nitrogen and oxygen atoms in total. The van der Waals surface area contributed by atoms with Crippen LogP contribution >= 0.6 is 0 Å². The Morgan fingerprint density at radius 1 is 1.20 bits per heavy atom. The Morgan fingerprint density at radius 2 is 2.02 bits per heavy atom. The zero-order chi connectivity index (χ0) is 28.3. The number of nitrogens with zero attached hydrogens (tertiary/aromatic N) is 3. The first-order valence-electron chi connectivity index (χ1n) is 13.9. The van der Waals surface area contributed by atoms with Crippen molar-refractivity contribution in [2.24, 2.45) is 0 Å². The van der Waals surface area contributed by atoms with E-state index in [1.54, 1.807) is 12.1 Å². The third-order valence-electron chi connectivity index (χ3n) is 7.06. The van der Waals surface area contributed by atoms with Gasteiger partial charge in [-0.2, -0.15) is 0 Å². The number of hydrogen-bond acceptors (Lipinski definition) is 8. The van der Waals surface area contributed by atoms with Gasteiger partial charge in [0.15, 0.2) is 23.8 Å². The monoisotopic (exact) mass is 552 g/mol. The third-order valence-corrected chi connectivity index (χ3v) is 7.06. The highest BCUT2D eigenvalue weighted by Gasteiger charge is 2.24. The molecular formula is C29H39FN7O3+. The van der Waals surface area contributed by atoms with E-state index in [1.165, 1.54) is 37.0 Å². The van der Waals surface area contributed by atoms with Gasteiger partial charge < -0.3 is 20.8 Å². The Bertz CT molecular complexity index is 1320. The summed E-state index contributed by atoms with van der Waals surface area (Å²) >= 11 is 0. The average molecular weight is 553 g/mol. The van der Waals surface area contributed by atoms with Crippen molar-refractivity contribution < 1.29 is 18.3 Å². The van der Waals surface area contributed by atoms with Gasteiger partial charge in [0, 0.05) is 42.4 Å². The molecule has 0 amide bonds. The van der Waals surface area contributed by atoms with Crippen molar-refractivity contribution in [3.8, 4) is 5.75 Å². The van der Waals surface area contributed by atoms with Gasteiger partial charge in [-0.15, -0.1) is 0 Å². The quantitative estimate of drug-likeness (QED) is 0.166. The molecule has 1 atom stereocenters. The van der Waals surface area contributed by atoms with Crippen LogP contribution in [0.1, 0.15) is 43.9 Å². The topological polar surface area (TPSA) is 131 Å². The molecule has 1 aliphatic rings. The molecule has 0 aliphatic carbocycles. The van der Waals surface area contributed by atoms with Crippen LogP contribution < -0.4 is 25.5 Å². The van der Waals surface area contributed by atoms with Crippen LogP contribution in [0.25, 0.3) is 0 Å². The summed E-state index contributed by atoms with van der Waals surface area (Å²) in [4.78, 5) is 34.4. The maximum Gasteiger partial charge on any atom is 0.360 e. The standard InChI is InChI=1S/C29H39FN7O3/c1-21(38)26(35-29-27(31)32-15-18-37(29)39)13-17-36(19-20-40-25-11-8-23(30)9-12-25)16-3-2-6-24-10-7-22-5-4-14-33-28(22)34-24/h7-12,15,18,26,35H,2-6,13-14,16-17,19-20H2,1H3,(H,33,34)(H3,31,32,39)/q+1/t26-/m0/s1. The molecule has 2 aromatic heterocycles. The van der Waals surface area contributed by atoms with E-state index in [0.717, 1.165) is 56.7 Å². The second-order valence-electron chi connectivity index (χ2n) is 10.1. The van der Waals surface area contributed by atoms with E-state index in [2.05, 4.69) is 32.7 Å². The van der Waals surface area contributed by atoms with Crippen LogP contribution in [0, 0.1) is 10.7 Å². The number of ketones is 1. The lowest BCUT2D eigenvalue weighted by atomic mass is 10.1. The Hall–Kier alpha value is -3.99. The van der Waals surface area contributed by atoms with E-state index in [0.29, 0.717) is 36.3 Å². The summed E-state index contributed by atoms with van der Waals surface area (Å²) in [5.41, 5.74) is 8.29. The van der Waals surface area contributed by atoms with E-state index in [1.807, 2.05) is 0 Å². The summed E-state index contributed by atoms with van der Waals surface area (Å²) in [5, 5.41) is 6.40. The molecule has 0 saturated heterocycles. The molecule has 40 heavy (non-hydrogen) atoms. The first-order valence-corrected chi connectivity index (χ1v) is 13.9. The number of halogens is 1. The summed E-state index contributed by atoms with van der Waals surface area (Å²) < 4.78 is 19.7. The first-order chi connectivity index (χ1) is 19.4. The van der Waals surface area contributed by atoms with Gasteiger partial charge in [-0.05, 0) is 81.5 Å². The molecule has 1 aromatic carbocycles. The highest BCUT2D eigenvalue weighted by molar-refractivity contribution is 5.84. The molecule has 5 N–H and O–H groups in total. The Balaban J connectivity index is 1.32. The average Bonchev–Trinajstić information content (AvgIpc) is 2.95. The summed E-state index contributed by atoms with van der Waals surface area (Å²) in [5.74, 6) is 1.52. The number of nitrogen functional groups attached to an aromatic ring is 1. The lowest BCUT2D eigenvalue weighted by Gasteiger charge is -2.24. The number of nitrogens with two attached hydrogens (primary N) is 1. The number of aryl methyl sites for hydroxylation is 2. The van der Waals surface area contributed by atoms with Crippen molar-refractivity contribution in [1.29, 1.82) is 0 Å². The number of ether oxygens (including phenoxy) is 1. The fourth-order valence-corrected chi connectivity index (χ4v) is 4.76. The van der Waals surface area contributed by atoms with Crippen LogP contribution in [0.5, 0.6) is 5.75 Å². The van der Waals surface area contributed by atoms with Crippen LogP contribution in [0.2, 0.25) is 0 Å². The Morgan fingerprint density at radius 3 is 2.80 bits per heavy atom. The third kappa shape index (κ3) is 8.51. The molecule has 4 rings (SSSR count). The predicted molar refractivity (Wildman–Crippen MR) is 154 cm³/mol. The van der Waals surface area contributed by atoms with Crippen LogP contribution in [0.3, 0.4) is 0 Å². The fourth-order valence-electron chi connectivity index (χ4n) is 4.76. The van der Waals surface area contributed by atoms with Crippen molar-refractivity contribution >= 4 is 23.2 Å². The van der Waals surface area contributed by atoms with Crippen LogP contribution in [-0.2, 0) is 17.6 Å². The molecule has 3 aromatic rings. The molecule has 0 unspecified atom stereocenters. The Kier molecular flexibility index (Phi) is 10.4. The number of benzene rings is 1. The summed E-state index contributed by atoms with van der Waals surface area (Å²) in [6, 6.07) is 9.68. The maximum absolute atomic E-state index is 13.2. The number of pyridine rings is 1. The minimum Gasteiger partial charge on any atom is -0.492 e. The number of carbonyl (C=O) groups is 1. The maximum atomic E-state index is 13.2. The van der Waals surface area contributed by atoms with Gasteiger partial charge in [-0.1, -0.05) is 11.0 Å². The molecule has 3 heterocycles. The van der Waals surface area contributed by atoms with Crippen molar-refractivity contribution in [3.63, 3.8) is 0 Å². The highest BCUT2D eigenvalue weighted by Crippen LogP contribution is 2.20. The van der Waals surface area contributed by atoms with Crippen molar-refractivity contribution in [2.45, 2.75) is 51.5 Å². The normalized spacial score (nSPS) is 13.4. The highest BCUT2D eigenvalue weighted by atomic mass is 19.1. The molecule has 214 valence electrons. The van der Waals surface area contributed by atoms with Crippen LogP contribution in [0.15, 0.2) is 48.8 Å². The van der Waals surface area contributed by atoms with Crippen LogP contribution in [0.4, 0.5) is 21.8 Å². The number of Topliss-reactive ketones (excluding diaryl/α,β-unsaturated/α-hetero) is 1. The minimum atomic E-state index is -0.578. The second-order valence-corrected chi connectivity index (χ2v) is 10.1. The van der Waals surface area contributed by atoms with Gasteiger partial charge in [0.25, 0.3) is 0 Å². The predicted octanol–water partition coefficient (Wildman–Crippen LogP) is 3.57. The number of unbranched alkanes of at least 4 members (excludes halogenated alkanes) is 1. The summed E-state index contributed by atoms with van der Waals surface area (Å²) in [7, 11) is 0. The zero-order valence-corrected chi connectivity index (χ0v) is 23.0. The van der Waals surface area contributed by atoms with Crippen LogP contribution in [-0.4, -0.2) is 59.5 Å². The lowest BCUT2D eigenvalue weighted by Crippen LogP contribution is -2.38. The van der Waals surface area contributed by atoms with E-state index in [4.69, 9.17) is 15.5 Å². The number of carbonyl (C=O) groups excluding carboxylic acids is 1. The van der Waals surface area contributed by atoms with Crippen molar-refractivity contribution in [2.75, 3.05) is 49.2 Å². The van der Waals surface area contributed by atoms with Gasteiger partial charge in [0.05, 0.1) is 0 Å². The number of aromatic nitrogens is 3. The lowest BCUT2D eigenvalue weighted by molar-refractivity contribution is -0.478. The second kappa shape index (κ2) is 14.4. The molecule has 0 saturated carbocycles. The number of aromatic amines is 1. The van der Waals surface area contributed by atoms with E-state index in [-0.39, 0.29) is 23.2 Å². The van der Waals surface area contributed by atoms with Crippen molar-refractivity contribution in [3.05, 3.63) is 70.8 Å². The number of hydrogen-bond donors (Lipinski definition) is 4. The van der Waals surface area contributed by atoms with Crippen molar-refractivity contribution in [1.82, 2.24) is 14.9 Å². The first kappa shape index (κ1) is 29.0. The van der Waals surface area contributed by atoms with E-state index in [9.17, 15) is 14.1 Å². The molecule has 0 bridgehead atoms. The number of H-pyrrole nitrogens is 1. The molecule has 1 aliphatic heterocycles. The molecule has 0 radical (unpaired) electrons. The van der Waals surface area contributed by atoms with E-state index >= 15 is 0 Å². The smallest absolute Gasteiger partial charge is 0.360 e. The molecular weight excluding hydrogens is 513 g/mol. The number of anilines is 3. The van der Waals surface area contributed by atoms with Gasteiger partial charge >= 0.3 is 5.82 Å². The van der Waals surface area contributed by atoms with Gasteiger partial charge in [0.2, 0.25) is 0 Å². The minimum absolute atomic E-state index is 0.0853. The molecule has 11 heteroatoms. The summed E-state index contributed by atoms with van der Waals surface area (Å²) in [6.07, 6.45) is 8.24.